The number of anilines is 2. The van der Waals surface area contributed by atoms with E-state index in [9.17, 15) is 22.8 Å². The number of amides is 1. The Labute approximate surface area is 157 Å². The minimum absolute atomic E-state index is 0.0188. The number of halogens is 3. The van der Waals surface area contributed by atoms with E-state index in [1.165, 1.54) is 35.8 Å². The van der Waals surface area contributed by atoms with E-state index in [4.69, 9.17) is 4.74 Å². The molecule has 2 rings (SSSR count). The summed E-state index contributed by atoms with van der Waals surface area (Å²) in [7, 11) is 0. The van der Waals surface area contributed by atoms with Crippen molar-refractivity contribution in [1.29, 1.82) is 0 Å². The molecule has 10 heteroatoms. The van der Waals surface area contributed by atoms with Gasteiger partial charge in [0.2, 0.25) is 0 Å². The molecule has 0 unspecified atom stereocenters. The number of rotatable bonds is 7. The molecule has 6 nitrogen and oxygen atoms in total. The molecule has 144 valence electrons. The maximum atomic E-state index is 12.7. The maximum Gasteiger partial charge on any atom is 0.416 e. The van der Waals surface area contributed by atoms with Gasteiger partial charge in [0.05, 0.1) is 5.56 Å². The van der Waals surface area contributed by atoms with Gasteiger partial charge in [-0.3, -0.25) is 4.79 Å². The van der Waals surface area contributed by atoms with Crippen molar-refractivity contribution in [2.45, 2.75) is 19.2 Å². The third kappa shape index (κ3) is 5.81. The van der Waals surface area contributed by atoms with Crippen molar-refractivity contribution in [2.24, 2.45) is 0 Å². The van der Waals surface area contributed by atoms with Gasteiger partial charge in [-0.25, -0.2) is 9.78 Å². The molecule has 2 N–H and O–H groups in total. The van der Waals surface area contributed by atoms with E-state index in [0.29, 0.717) is 11.7 Å². The molecule has 0 spiro atoms. The highest BCUT2D eigenvalue weighted by Crippen LogP contribution is 2.30. The van der Waals surface area contributed by atoms with Crippen molar-refractivity contribution >= 4 is 34.0 Å². The lowest BCUT2D eigenvalue weighted by molar-refractivity contribution is -0.137. The highest BCUT2D eigenvalue weighted by atomic mass is 32.1. The van der Waals surface area contributed by atoms with Crippen molar-refractivity contribution in [3.05, 3.63) is 53.6 Å². The van der Waals surface area contributed by atoms with Gasteiger partial charge in [-0.2, -0.15) is 13.2 Å². The molecule has 1 aromatic heterocycles. The Morgan fingerprint density at radius 1 is 1.41 bits per heavy atom. The molecular formula is C17H16F3N3O3S. The topological polar surface area (TPSA) is 80.3 Å². The number of nitrogens with one attached hydrogen (secondary N) is 2. The van der Waals surface area contributed by atoms with E-state index < -0.39 is 29.7 Å². The molecule has 0 fully saturated rings. The van der Waals surface area contributed by atoms with Crippen LogP contribution in [0.25, 0.3) is 0 Å². The van der Waals surface area contributed by atoms with Crippen molar-refractivity contribution in [2.75, 3.05) is 17.2 Å². The molecule has 2 aromatic rings. The number of esters is 1. The molecule has 0 saturated carbocycles. The summed E-state index contributed by atoms with van der Waals surface area (Å²) in [6, 6.07) is 4.16. The zero-order chi connectivity index (χ0) is 20.0. The first-order valence-corrected chi connectivity index (χ1v) is 8.58. The molecule has 0 aliphatic heterocycles. The van der Waals surface area contributed by atoms with Crippen LogP contribution in [-0.4, -0.2) is 29.5 Å². The summed E-state index contributed by atoms with van der Waals surface area (Å²) in [5, 5.41) is 7.15. The fourth-order valence-electron chi connectivity index (χ4n) is 1.90. The fourth-order valence-corrected chi connectivity index (χ4v) is 2.59. The average molecular weight is 399 g/mol. The molecule has 0 saturated heterocycles. The van der Waals surface area contributed by atoms with Crippen molar-refractivity contribution in [3.63, 3.8) is 0 Å². The monoisotopic (exact) mass is 399 g/mol. The summed E-state index contributed by atoms with van der Waals surface area (Å²) in [6.45, 7) is 5.33. The summed E-state index contributed by atoms with van der Waals surface area (Å²) < 4.78 is 43.1. The first-order valence-electron chi connectivity index (χ1n) is 7.70. The Kier molecular flexibility index (Phi) is 6.56. The van der Waals surface area contributed by atoms with Crippen LogP contribution in [0.15, 0.2) is 42.3 Å². The standard InChI is InChI=1S/C17H16F3N3O3S/c1-3-7-21-16-23-13(9-27-16)15(25)26-10(2)14(24)22-12-6-4-5-11(8-12)17(18,19)20/h3-6,8-10H,1,7H2,2H3,(H,21,23)(H,22,24)/t10-/m1/s1. The van der Waals surface area contributed by atoms with E-state index in [1.54, 1.807) is 6.08 Å². The molecule has 27 heavy (non-hydrogen) atoms. The Hall–Kier alpha value is -2.88. The molecule has 1 aromatic carbocycles. The Bertz CT molecular complexity index is 836. The van der Waals surface area contributed by atoms with Gasteiger partial charge >= 0.3 is 12.1 Å². The largest absolute Gasteiger partial charge is 0.448 e. The summed E-state index contributed by atoms with van der Waals surface area (Å²) in [5.74, 6) is -1.58. The molecule has 1 amide bonds. The highest BCUT2D eigenvalue weighted by Gasteiger charge is 2.30. The SMILES string of the molecule is C=CCNc1nc(C(=O)O[C@H](C)C(=O)Nc2cccc(C(F)(F)F)c2)cs1. The molecular weight excluding hydrogens is 383 g/mol. The number of aromatic nitrogens is 1. The Morgan fingerprint density at radius 3 is 2.81 bits per heavy atom. The average Bonchev–Trinajstić information content (AvgIpc) is 3.08. The number of hydrogen-bond acceptors (Lipinski definition) is 6. The predicted octanol–water partition coefficient (Wildman–Crippen LogP) is 3.94. The van der Waals surface area contributed by atoms with E-state index in [-0.39, 0.29) is 11.4 Å². The predicted molar refractivity (Wildman–Crippen MR) is 95.8 cm³/mol. The summed E-state index contributed by atoms with van der Waals surface area (Å²) in [5.41, 5.74) is -0.931. The number of hydrogen-bond donors (Lipinski definition) is 2. The van der Waals surface area contributed by atoms with Crippen LogP contribution in [0.4, 0.5) is 24.0 Å². The van der Waals surface area contributed by atoms with Crippen molar-refractivity contribution in [1.82, 2.24) is 4.98 Å². The zero-order valence-corrected chi connectivity index (χ0v) is 15.0. The van der Waals surface area contributed by atoms with E-state index in [1.807, 2.05) is 0 Å². The number of carbonyl (C=O) groups excluding carboxylic acids is 2. The smallest absolute Gasteiger partial charge is 0.416 e. The van der Waals surface area contributed by atoms with Gasteiger partial charge in [0.25, 0.3) is 5.91 Å². The molecule has 0 radical (unpaired) electrons. The number of alkyl halides is 3. The molecule has 0 aliphatic rings. The van der Waals surface area contributed by atoms with Gasteiger partial charge in [-0.1, -0.05) is 12.1 Å². The second-order valence-electron chi connectivity index (χ2n) is 5.32. The van der Waals surface area contributed by atoms with Gasteiger partial charge < -0.3 is 15.4 Å². The first kappa shape index (κ1) is 20.4. The summed E-state index contributed by atoms with van der Waals surface area (Å²) in [4.78, 5) is 28.1. The molecule has 1 atom stereocenters. The van der Waals surface area contributed by atoms with E-state index in [2.05, 4.69) is 22.2 Å². The lowest BCUT2D eigenvalue weighted by Gasteiger charge is -2.14. The van der Waals surface area contributed by atoms with Crippen LogP contribution in [0.2, 0.25) is 0 Å². The number of ether oxygens (including phenoxy) is 1. The second-order valence-corrected chi connectivity index (χ2v) is 6.18. The fraction of sp³-hybridized carbons (Fsp3) is 0.235. The Morgan fingerprint density at radius 2 is 2.15 bits per heavy atom. The van der Waals surface area contributed by atoms with Gasteiger partial charge in [0.15, 0.2) is 16.9 Å². The quantitative estimate of drug-likeness (QED) is 0.545. The first-order chi connectivity index (χ1) is 12.7. The third-order valence-corrected chi connectivity index (χ3v) is 4.02. The van der Waals surface area contributed by atoms with Crippen LogP contribution in [0.3, 0.4) is 0 Å². The highest BCUT2D eigenvalue weighted by molar-refractivity contribution is 7.13. The Balaban J connectivity index is 1.96. The van der Waals surface area contributed by atoms with Crippen molar-refractivity contribution in [3.8, 4) is 0 Å². The third-order valence-electron chi connectivity index (χ3n) is 3.22. The number of thiazole rings is 1. The summed E-state index contributed by atoms with van der Waals surface area (Å²) >= 11 is 1.18. The number of carbonyl (C=O) groups is 2. The van der Waals surface area contributed by atoms with Crippen LogP contribution in [0.5, 0.6) is 0 Å². The van der Waals surface area contributed by atoms with Gasteiger partial charge in [0, 0.05) is 17.6 Å². The van der Waals surface area contributed by atoms with Crippen LogP contribution < -0.4 is 10.6 Å². The molecule has 1 heterocycles. The molecule has 0 aliphatic carbocycles. The zero-order valence-electron chi connectivity index (χ0n) is 14.2. The van der Waals surface area contributed by atoms with Crippen LogP contribution in [-0.2, 0) is 15.7 Å². The lowest BCUT2D eigenvalue weighted by atomic mass is 10.2. The van der Waals surface area contributed by atoms with E-state index >= 15 is 0 Å². The second kappa shape index (κ2) is 8.67. The van der Waals surface area contributed by atoms with Gasteiger partial charge in [-0.15, -0.1) is 17.9 Å². The van der Waals surface area contributed by atoms with Gasteiger partial charge in [-0.05, 0) is 25.1 Å². The maximum absolute atomic E-state index is 12.7. The van der Waals surface area contributed by atoms with Crippen LogP contribution in [0.1, 0.15) is 23.0 Å². The normalized spacial score (nSPS) is 12.1. The van der Waals surface area contributed by atoms with Gasteiger partial charge in [0.1, 0.15) is 0 Å². The van der Waals surface area contributed by atoms with Crippen molar-refractivity contribution < 1.29 is 27.5 Å². The van der Waals surface area contributed by atoms with E-state index in [0.717, 1.165) is 12.1 Å². The minimum Gasteiger partial charge on any atom is -0.448 e. The minimum atomic E-state index is -4.53. The number of nitrogens with zero attached hydrogens (tertiary/aromatic N) is 1. The van der Waals surface area contributed by atoms with Crippen LogP contribution in [0, 0.1) is 0 Å². The number of benzene rings is 1. The molecule has 0 bridgehead atoms. The van der Waals surface area contributed by atoms with Crippen LogP contribution >= 0.6 is 11.3 Å². The summed E-state index contributed by atoms with van der Waals surface area (Å²) in [6.07, 6.45) is -4.13. The lowest BCUT2D eigenvalue weighted by Crippen LogP contribution is -2.30.